The summed E-state index contributed by atoms with van der Waals surface area (Å²) in [6.45, 7) is 3.94. The van der Waals surface area contributed by atoms with Crippen molar-refractivity contribution in [3.05, 3.63) is 77.9 Å². The molecule has 1 aliphatic heterocycles. The summed E-state index contributed by atoms with van der Waals surface area (Å²) in [4.78, 5) is 21.2. The molecule has 2 heterocycles. The first kappa shape index (κ1) is 22.2. The molecule has 1 amide bonds. The Labute approximate surface area is 187 Å². The minimum atomic E-state index is -3.54. The molecule has 1 fully saturated rings. The average Bonchev–Trinajstić information content (AvgIpc) is 3.26. The Morgan fingerprint density at radius 2 is 1.59 bits per heavy atom. The van der Waals surface area contributed by atoms with Crippen molar-refractivity contribution < 1.29 is 17.7 Å². The summed E-state index contributed by atoms with van der Waals surface area (Å²) in [7, 11) is -3.54. The molecule has 3 aromatic rings. The molecule has 0 spiro atoms. The Hall–Kier alpha value is -3.04. The molecule has 0 saturated carbocycles. The van der Waals surface area contributed by atoms with Crippen LogP contribution in [0.4, 0.5) is 0 Å². The van der Waals surface area contributed by atoms with Gasteiger partial charge in [-0.2, -0.15) is 4.98 Å². The number of amides is 1. The first-order chi connectivity index (χ1) is 15.5. The van der Waals surface area contributed by atoms with Crippen LogP contribution >= 0.6 is 0 Å². The summed E-state index contributed by atoms with van der Waals surface area (Å²) in [5, 5.41) is 3.77. The van der Waals surface area contributed by atoms with Crippen molar-refractivity contribution in [1.82, 2.24) is 19.9 Å². The van der Waals surface area contributed by atoms with E-state index >= 15 is 0 Å². The van der Waals surface area contributed by atoms with Crippen molar-refractivity contribution >= 4 is 15.7 Å². The second-order valence-corrected chi connectivity index (χ2v) is 9.81. The third-order valence-corrected chi connectivity index (χ3v) is 7.09. The molecule has 0 unspecified atom stereocenters. The Bertz CT molecular complexity index is 1130. The SMILES string of the molecule is O=C(CCc1nc(CS(=O)(=O)c2ccccc2)no1)N1CCN(Cc2ccccc2)CC1. The molecule has 0 bridgehead atoms. The molecule has 1 aliphatic rings. The lowest BCUT2D eigenvalue weighted by Crippen LogP contribution is -2.48. The van der Waals surface area contributed by atoms with Gasteiger partial charge in [-0.15, -0.1) is 0 Å². The van der Waals surface area contributed by atoms with E-state index in [1.807, 2.05) is 23.1 Å². The number of carbonyl (C=O) groups is 1. The second-order valence-electron chi connectivity index (χ2n) is 7.82. The summed E-state index contributed by atoms with van der Waals surface area (Å²) in [5.41, 5.74) is 1.27. The average molecular weight is 455 g/mol. The van der Waals surface area contributed by atoms with Crippen LogP contribution in [0.25, 0.3) is 0 Å². The summed E-state index contributed by atoms with van der Waals surface area (Å²) >= 11 is 0. The number of rotatable bonds is 8. The number of aromatic nitrogens is 2. The number of nitrogens with zero attached hydrogens (tertiary/aromatic N) is 4. The lowest BCUT2D eigenvalue weighted by atomic mass is 10.2. The summed E-state index contributed by atoms with van der Waals surface area (Å²) in [6, 6.07) is 18.5. The maximum Gasteiger partial charge on any atom is 0.227 e. The zero-order valence-electron chi connectivity index (χ0n) is 17.8. The van der Waals surface area contributed by atoms with Gasteiger partial charge in [0.25, 0.3) is 0 Å². The van der Waals surface area contributed by atoms with Gasteiger partial charge in [0.2, 0.25) is 11.8 Å². The van der Waals surface area contributed by atoms with E-state index in [-0.39, 0.29) is 34.7 Å². The van der Waals surface area contributed by atoms with Crippen molar-refractivity contribution in [3.63, 3.8) is 0 Å². The van der Waals surface area contributed by atoms with Crippen LogP contribution in [0.15, 0.2) is 70.1 Å². The zero-order chi connectivity index (χ0) is 22.4. The number of carbonyl (C=O) groups excluding carboxylic acids is 1. The molecule has 32 heavy (non-hydrogen) atoms. The fourth-order valence-electron chi connectivity index (χ4n) is 3.70. The normalized spacial score (nSPS) is 15.1. The lowest BCUT2D eigenvalue weighted by molar-refractivity contribution is -0.133. The van der Waals surface area contributed by atoms with Gasteiger partial charge in [-0.1, -0.05) is 53.7 Å². The van der Waals surface area contributed by atoms with Gasteiger partial charge in [0.05, 0.1) is 4.90 Å². The van der Waals surface area contributed by atoms with Crippen LogP contribution in [0.2, 0.25) is 0 Å². The fraction of sp³-hybridized carbons (Fsp3) is 0.348. The topological polar surface area (TPSA) is 96.6 Å². The van der Waals surface area contributed by atoms with E-state index in [0.717, 1.165) is 19.6 Å². The predicted molar refractivity (Wildman–Crippen MR) is 118 cm³/mol. The zero-order valence-corrected chi connectivity index (χ0v) is 18.6. The highest BCUT2D eigenvalue weighted by molar-refractivity contribution is 7.90. The molecule has 168 valence electrons. The highest BCUT2D eigenvalue weighted by Crippen LogP contribution is 2.15. The molecule has 2 aromatic carbocycles. The largest absolute Gasteiger partial charge is 0.340 e. The van der Waals surface area contributed by atoms with Gasteiger partial charge in [-0.05, 0) is 17.7 Å². The van der Waals surface area contributed by atoms with E-state index in [0.29, 0.717) is 19.5 Å². The van der Waals surface area contributed by atoms with Crippen LogP contribution in [0.1, 0.15) is 23.7 Å². The monoisotopic (exact) mass is 454 g/mol. The lowest BCUT2D eigenvalue weighted by Gasteiger charge is -2.34. The molecule has 1 aromatic heterocycles. The number of sulfone groups is 1. The van der Waals surface area contributed by atoms with Crippen LogP contribution in [0.3, 0.4) is 0 Å². The number of aryl methyl sites for hydroxylation is 1. The minimum absolute atomic E-state index is 0.0426. The van der Waals surface area contributed by atoms with Crippen molar-refractivity contribution in [2.45, 2.75) is 30.0 Å². The van der Waals surface area contributed by atoms with Crippen molar-refractivity contribution in [2.75, 3.05) is 26.2 Å². The Morgan fingerprint density at radius 1 is 0.938 bits per heavy atom. The number of hydrogen-bond acceptors (Lipinski definition) is 7. The first-order valence-corrected chi connectivity index (χ1v) is 12.3. The van der Waals surface area contributed by atoms with Gasteiger partial charge in [0, 0.05) is 45.6 Å². The van der Waals surface area contributed by atoms with Crippen molar-refractivity contribution in [1.29, 1.82) is 0 Å². The van der Waals surface area contributed by atoms with Crippen LogP contribution in [0.5, 0.6) is 0 Å². The van der Waals surface area contributed by atoms with Gasteiger partial charge in [-0.3, -0.25) is 9.69 Å². The maximum absolute atomic E-state index is 12.6. The molecule has 4 rings (SSSR count). The third kappa shape index (κ3) is 5.80. The third-order valence-electron chi connectivity index (χ3n) is 5.46. The van der Waals surface area contributed by atoms with Crippen LogP contribution in [0, 0.1) is 0 Å². The number of piperazine rings is 1. The molecule has 0 aliphatic carbocycles. The Morgan fingerprint density at radius 3 is 2.28 bits per heavy atom. The number of benzene rings is 2. The van der Waals surface area contributed by atoms with E-state index < -0.39 is 9.84 Å². The molecule has 0 atom stereocenters. The summed E-state index contributed by atoms with van der Waals surface area (Å²) in [6.07, 6.45) is 0.549. The van der Waals surface area contributed by atoms with Gasteiger partial charge in [0.15, 0.2) is 15.7 Å². The standard InChI is InChI=1S/C23H26N4O4S/c28-23(27-15-13-26(14-16-27)17-19-7-3-1-4-8-19)12-11-22-24-21(25-31-22)18-32(29,30)20-9-5-2-6-10-20/h1-10H,11-18H2. The summed E-state index contributed by atoms with van der Waals surface area (Å²) < 4.78 is 30.0. The highest BCUT2D eigenvalue weighted by Gasteiger charge is 2.23. The Kier molecular flexibility index (Phi) is 6.96. The fourth-order valence-corrected chi connectivity index (χ4v) is 4.90. The van der Waals surface area contributed by atoms with Crippen LogP contribution in [-0.2, 0) is 33.4 Å². The van der Waals surface area contributed by atoms with Crippen LogP contribution < -0.4 is 0 Å². The van der Waals surface area contributed by atoms with E-state index in [4.69, 9.17) is 4.52 Å². The quantitative estimate of drug-likeness (QED) is 0.515. The van der Waals surface area contributed by atoms with E-state index in [1.54, 1.807) is 18.2 Å². The second kappa shape index (κ2) is 10.1. The van der Waals surface area contributed by atoms with Gasteiger partial charge in [0.1, 0.15) is 5.75 Å². The molecular formula is C23H26N4O4S. The van der Waals surface area contributed by atoms with Gasteiger partial charge >= 0.3 is 0 Å². The van der Waals surface area contributed by atoms with Crippen LogP contribution in [-0.4, -0.2) is 60.4 Å². The predicted octanol–water partition coefficient (Wildman–Crippen LogP) is 2.32. The molecule has 1 saturated heterocycles. The molecule has 9 heteroatoms. The van der Waals surface area contributed by atoms with Gasteiger partial charge in [-0.25, -0.2) is 8.42 Å². The van der Waals surface area contributed by atoms with E-state index in [1.165, 1.54) is 17.7 Å². The maximum atomic E-state index is 12.6. The Balaban J connectivity index is 1.23. The van der Waals surface area contributed by atoms with Crippen molar-refractivity contribution in [2.24, 2.45) is 0 Å². The first-order valence-electron chi connectivity index (χ1n) is 10.6. The smallest absolute Gasteiger partial charge is 0.227 e. The highest BCUT2D eigenvalue weighted by atomic mass is 32.2. The van der Waals surface area contributed by atoms with Crippen molar-refractivity contribution in [3.8, 4) is 0 Å². The summed E-state index contributed by atoms with van der Waals surface area (Å²) in [5.74, 6) is 0.0869. The number of hydrogen-bond donors (Lipinski definition) is 0. The minimum Gasteiger partial charge on any atom is -0.340 e. The van der Waals surface area contributed by atoms with E-state index in [2.05, 4.69) is 27.2 Å². The molecule has 8 nitrogen and oxygen atoms in total. The molecular weight excluding hydrogens is 428 g/mol. The van der Waals surface area contributed by atoms with E-state index in [9.17, 15) is 13.2 Å². The van der Waals surface area contributed by atoms with Gasteiger partial charge < -0.3 is 9.42 Å². The molecule has 0 N–H and O–H groups in total. The molecule has 0 radical (unpaired) electrons.